The van der Waals surface area contributed by atoms with Crippen molar-refractivity contribution in [1.29, 1.82) is 0 Å². The van der Waals surface area contributed by atoms with Crippen LogP contribution in [0, 0.1) is 11.8 Å². The zero-order valence-corrected chi connectivity index (χ0v) is 10.8. The summed E-state index contributed by atoms with van der Waals surface area (Å²) in [7, 11) is 0. The van der Waals surface area contributed by atoms with E-state index < -0.39 is 0 Å². The van der Waals surface area contributed by atoms with Crippen LogP contribution in [0.15, 0.2) is 21.4 Å². The predicted molar refractivity (Wildman–Crippen MR) is 64.8 cm³/mol. The van der Waals surface area contributed by atoms with E-state index in [0.717, 1.165) is 13.1 Å². The molecule has 2 fully saturated rings. The number of rotatable bonds is 2. The Bertz CT molecular complexity index is 399. The summed E-state index contributed by atoms with van der Waals surface area (Å²) in [5.41, 5.74) is 0.583. The Kier molecular flexibility index (Phi) is 3.28. The van der Waals surface area contributed by atoms with Crippen molar-refractivity contribution in [2.24, 2.45) is 11.8 Å². The van der Waals surface area contributed by atoms with Crippen LogP contribution in [-0.4, -0.2) is 25.0 Å². The molecule has 2 heterocycles. The Morgan fingerprint density at radius 3 is 2.75 bits per heavy atom. The van der Waals surface area contributed by atoms with E-state index >= 15 is 0 Å². The largest absolute Gasteiger partial charge is 0.457 e. The van der Waals surface area contributed by atoms with Crippen LogP contribution in [0.25, 0.3) is 0 Å². The number of amides is 1. The van der Waals surface area contributed by atoms with Gasteiger partial charge in [-0.2, -0.15) is 0 Å². The number of hydrogen-bond donors (Lipinski definition) is 2. The van der Waals surface area contributed by atoms with Crippen molar-refractivity contribution in [3.8, 4) is 0 Å². The number of hydrogen-bond acceptors (Lipinski definition) is 3. The van der Waals surface area contributed by atoms with Gasteiger partial charge in [-0.25, -0.2) is 0 Å². The van der Waals surface area contributed by atoms with Gasteiger partial charge >= 0.3 is 0 Å². The van der Waals surface area contributed by atoms with Gasteiger partial charge in [-0.3, -0.25) is 4.79 Å². The average Bonchev–Trinajstić information content (AvgIpc) is 2.66. The first kappa shape index (κ1) is 12.0. The highest BCUT2D eigenvalue weighted by Gasteiger charge is 2.53. The fourth-order valence-corrected chi connectivity index (χ4v) is 2.64. The molecule has 2 aliphatic rings. The van der Waals surface area contributed by atoms with Gasteiger partial charge in [0.25, 0.3) is 5.91 Å². The molecule has 2 atom stereocenters. The summed E-state index contributed by atoms with van der Waals surface area (Å²) in [6.07, 6.45) is 1.47. The lowest BCUT2D eigenvalue weighted by molar-refractivity contribution is 0.0946. The summed E-state index contributed by atoms with van der Waals surface area (Å²) in [6, 6.07) is 2.05. The van der Waals surface area contributed by atoms with Gasteiger partial charge in [0.15, 0.2) is 4.67 Å². The van der Waals surface area contributed by atoms with E-state index in [1.54, 1.807) is 6.07 Å². The van der Waals surface area contributed by atoms with Crippen molar-refractivity contribution < 1.29 is 9.21 Å². The Morgan fingerprint density at radius 1 is 1.50 bits per heavy atom. The van der Waals surface area contributed by atoms with Crippen LogP contribution < -0.4 is 10.6 Å². The molecule has 1 aliphatic heterocycles. The van der Waals surface area contributed by atoms with Gasteiger partial charge in [0.1, 0.15) is 6.26 Å². The number of piperidine rings is 1. The van der Waals surface area contributed by atoms with Gasteiger partial charge in [-0.05, 0) is 27.8 Å². The number of carbonyl (C=O) groups is 1. The number of nitrogens with one attached hydrogen (secondary N) is 2. The minimum Gasteiger partial charge on any atom is -0.457 e. The summed E-state index contributed by atoms with van der Waals surface area (Å²) in [5.74, 6) is 1.25. The average molecular weight is 308 g/mol. The molecule has 2 N–H and O–H groups in total. The Hall–Kier alpha value is -0.520. The molecular formula is C10H12BrClN2O2. The van der Waals surface area contributed by atoms with Gasteiger partial charge in [-0.1, -0.05) is 0 Å². The molecule has 1 aliphatic carbocycles. The molecular weight excluding hydrogens is 295 g/mol. The van der Waals surface area contributed by atoms with E-state index in [4.69, 9.17) is 4.42 Å². The summed E-state index contributed by atoms with van der Waals surface area (Å²) >= 11 is 3.17. The molecule has 0 radical (unpaired) electrons. The summed E-state index contributed by atoms with van der Waals surface area (Å²) in [4.78, 5) is 11.7. The number of furan rings is 1. The lowest BCUT2D eigenvalue weighted by Crippen LogP contribution is -2.32. The van der Waals surface area contributed by atoms with Crippen LogP contribution >= 0.6 is 28.3 Å². The molecule has 3 rings (SSSR count). The topological polar surface area (TPSA) is 54.3 Å². The third-order valence-electron chi connectivity index (χ3n) is 3.22. The molecule has 1 saturated carbocycles. The van der Waals surface area contributed by atoms with E-state index in [1.165, 1.54) is 6.26 Å². The normalized spacial score (nSPS) is 30.4. The standard InChI is InChI=1S/C10H11BrN2O2.ClH/c11-8-1-5(4-15-8)10(14)13-9-6-2-12-3-7(6)9;/h1,4,6-7,9,12H,2-3H2,(H,13,14);1H. The SMILES string of the molecule is Cl.O=C(NC1C2CNCC21)c1coc(Br)c1. The summed E-state index contributed by atoms with van der Waals surface area (Å²) in [5, 5.41) is 6.32. The lowest BCUT2D eigenvalue weighted by Gasteiger charge is -2.05. The zero-order valence-electron chi connectivity index (χ0n) is 8.40. The first-order valence-corrected chi connectivity index (χ1v) is 5.80. The van der Waals surface area contributed by atoms with Crippen LogP contribution in [0.4, 0.5) is 0 Å². The summed E-state index contributed by atoms with van der Waals surface area (Å²) in [6.45, 7) is 2.06. The molecule has 0 spiro atoms. The highest BCUT2D eigenvalue weighted by Crippen LogP contribution is 2.41. The Morgan fingerprint density at radius 2 is 2.19 bits per heavy atom. The first-order valence-electron chi connectivity index (χ1n) is 5.01. The van der Waals surface area contributed by atoms with Crippen LogP contribution in [0.3, 0.4) is 0 Å². The van der Waals surface area contributed by atoms with Crippen molar-refractivity contribution in [3.05, 3.63) is 22.6 Å². The smallest absolute Gasteiger partial charge is 0.254 e. The van der Waals surface area contributed by atoms with Crippen LogP contribution in [0.5, 0.6) is 0 Å². The lowest BCUT2D eigenvalue weighted by atomic mass is 10.3. The molecule has 16 heavy (non-hydrogen) atoms. The quantitative estimate of drug-likeness (QED) is 0.869. The van der Waals surface area contributed by atoms with Crippen molar-refractivity contribution in [2.45, 2.75) is 6.04 Å². The highest BCUT2D eigenvalue weighted by molar-refractivity contribution is 9.10. The van der Waals surface area contributed by atoms with Gasteiger partial charge in [0.05, 0.1) is 5.56 Å². The molecule has 1 aromatic rings. The maximum absolute atomic E-state index is 11.7. The highest BCUT2D eigenvalue weighted by atomic mass is 79.9. The fourth-order valence-electron chi connectivity index (χ4n) is 2.30. The molecule has 0 bridgehead atoms. The van der Waals surface area contributed by atoms with Crippen molar-refractivity contribution in [1.82, 2.24) is 10.6 Å². The van der Waals surface area contributed by atoms with Gasteiger partial charge < -0.3 is 15.1 Å². The van der Waals surface area contributed by atoms with Crippen LogP contribution in [0.2, 0.25) is 0 Å². The maximum atomic E-state index is 11.7. The molecule has 2 unspecified atom stereocenters. The third-order valence-corrected chi connectivity index (χ3v) is 3.63. The zero-order chi connectivity index (χ0) is 10.4. The third kappa shape index (κ3) is 1.99. The van der Waals surface area contributed by atoms with Gasteiger partial charge in [0, 0.05) is 25.2 Å². The van der Waals surface area contributed by atoms with Gasteiger partial charge in [0.2, 0.25) is 0 Å². The van der Waals surface area contributed by atoms with Crippen LogP contribution in [-0.2, 0) is 0 Å². The molecule has 1 aromatic heterocycles. The predicted octanol–water partition coefficient (Wildman–Crippen LogP) is 1.41. The molecule has 88 valence electrons. The van der Waals surface area contributed by atoms with Crippen molar-refractivity contribution >= 4 is 34.2 Å². The Balaban J connectivity index is 0.000000963. The molecule has 1 saturated heterocycles. The second kappa shape index (κ2) is 4.39. The number of carbonyl (C=O) groups excluding carboxylic acids is 1. The fraction of sp³-hybridized carbons (Fsp3) is 0.500. The number of fused-ring (bicyclic) bond motifs is 1. The maximum Gasteiger partial charge on any atom is 0.254 e. The second-order valence-electron chi connectivity index (χ2n) is 4.12. The minimum atomic E-state index is -0.0381. The second-order valence-corrected chi connectivity index (χ2v) is 4.91. The molecule has 1 amide bonds. The van der Waals surface area contributed by atoms with Crippen molar-refractivity contribution in [3.63, 3.8) is 0 Å². The molecule has 0 aromatic carbocycles. The molecule has 6 heteroatoms. The minimum absolute atomic E-state index is 0. The first-order chi connectivity index (χ1) is 7.25. The Labute approximate surface area is 108 Å². The number of halogens is 2. The van der Waals surface area contributed by atoms with E-state index in [-0.39, 0.29) is 18.3 Å². The van der Waals surface area contributed by atoms with Gasteiger partial charge in [-0.15, -0.1) is 12.4 Å². The van der Waals surface area contributed by atoms with Crippen LogP contribution in [0.1, 0.15) is 10.4 Å². The van der Waals surface area contributed by atoms with Crippen molar-refractivity contribution in [2.75, 3.05) is 13.1 Å². The van der Waals surface area contributed by atoms with E-state index in [0.29, 0.717) is 28.1 Å². The molecule has 4 nitrogen and oxygen atoms in total. The van der Waals surface area contributed by atoms with E-state index in [9.17, 15) is 4.79 Å². The summed E-state index contributed by atoms with van der Waals surface area (Å²) < 4.78 is 5.61. The monoisotopic (exact) mass is 306 g/mol. The van der Waals surface area contributed by atoms with E-state index in [2.05, 4.69) is 26.6 Å². The van der Waals surface area contributed by atoms with E-state index in [1.807, 2.05) is 0 Å².